The van der Waals surface area contributed by atoms with E-state index in [1.165, 1.54) is 0 Å². The summed E-state index contributed by atoms with van der Waals surface area (Å²) in [5, 5.41) is 0.789. The first-order valence-corrected chi connectivity index (χ1v) is 5.89. The molecule has 2 rings (SSSR count). The van der Waals surface area contributed by atoms with Crippen LogP contribution in [0.1, 0.15) is 24.7 Å². The van der Waals surface area contributed by atoms with Crippen molar-refractivity contribution in [3.8, 4) is 0 Å². The van der Waals surface area contributed by atoms with E-state index in [1.807, 2.05) is 12.1 Å². The van der Waals surface area contributed by atoms with Crippen LogP contribution in [-0.4, -0.2) is 9.97 Å². The molecular weight excluding hydrogens is 231 g/mol. The Balaban J connectivity index is 2.63. The molecule has 0 radical (unpaired) electrons. The molecular formula is C11H12Cl2N2. The van der Waals surface area contributed by atoms with E-state index < -0.39 is 0 Å². The highest BCUT2D eigenvalue weighted by Crippen LogP contribution is 2.26. The van der Waals surface area contributed by atoms with E-state index in [2.05, 4.69) is 16.9 Å². The molecule has 1 aromatic heterocycles. The highest BCUT2D eigenvalue weighted by Gasteiger charge is 2.09. The third kappa shape index (κ3) is 1.97. The van der Waals surface area contributed by atoms with Gasteiger partial charge in [-0.05, 0) is 24.1 Å². The average molecular weight is 243 g/mol. The van der Waals surface area contributed by atoms with Crippen LogP contribution in [0.3, 0.4) is 0 Å². The number of imidazole rings is 1. The lowest BCUT2D eigenvalue weighted by Gasteiger charge is -2.02. The number of halogens is 2. The van der Waals surface area contributed by atoms with Crippen LogP contribution in [0, 0.1) is 0 Å². The number of fused-ring (bicyclic) bond motifs is 1. The molecule has 0 fully saturated rings. The fraction of sp³-hybridized carbons (Fsp3) is 0.364. The van der Waals surface area contributed by atoms with Crippen LogP contribution >= 0.6 is 23.2 Å². The number of hydrogen-bond acceptors (Lipinski definition) is 1. The standard InChI is InChI=1S/C11H12Cl2N2/c1-2-3-7-8(13)4-5-9-11(7)15-10(6-12)14-9/h4-5H,2-3,6H2,1H3,(H,14,15). The van der Waals surface area contributed by atoms with Gasteiger partial charge in [0, 0.05) is 5.02 Å². The SMILES string of the molecule is CCCc1c(Cl)ccc2[nH]c(CCl)nc12. The zero-order chi connectivity index (χ0) is 10.8. The van der Waals surface area contributed by atoms with Crippen LogP contribution in [0.2, 0.25) is 5.02 Å². The van der Waals surface area contributed by atoms with Gasteiger partial charge in [0.1, 0.15) is 5.82 Å². The van der Waals surface area contributed by atoms with E-state index in [0.717, 1.165) is 40.3 Å². The molecule has 0 aliphatic heterocycles. The average Bonchev–Trinajstić information content (AvgIpc) is 2.66. The lowest BCUT2D eigenvalue weighted by molar-refractivity contribution is 0.926. The summed E-state index contributed by atoms with van der Waals surface area (Å²) >= 11 is 11.9. The largest absolute Gasteiger partial charge is 0.341 e. The monoisotopic (exact) mass is 242 g/mol. The summed E-state index contributed by atoms with van der Waals surface area (Å²) in [4.78, 5) is 7.61. The van der Waals surface area contributed by atoms with Crippen molar-refractivity contribution in [3.63, 3.8) is 0 Å². The minimum atomic E-state index is 0.401. The molecule has 0 bridgehead atoms. The lowest BCUT2D eigenvalue weighted by atomic mass is 10.1. The van der Waals surface area contributed by atoms with Gasteiger partial charge in [-0.3, -0.25) is 0 Å². The Bertz CT molecular complexity index is 477. The van der Waals surface area contributed by atoms with Crippen molar-refractivity contribution in [2.24, 2.45) is 0 Å². The number of aryl methyl sites for hydroxylation is 1. The molecule has 0 saturated carbocycles. The first-order valence-electron chi connectivity index (χ1n) is 4.98. The third-order valence-corrected chi connectivity index (χ3v) is 2.99. The van der Waals surface area contributed by atoms with E-state index in [9.17, 15) is 0 Å². The molecule has 0 unspecified atom stereocenters. The van der Waals surface area contributed by atoms with Gasteiger partial charge < -0.3 is 4.98 Å². The van der Waals surface area contributed by atoms with Crippen molar-refractivity contribution >= 4 is 34.2 Å². The number of nitrogens with one attached hydrogen (secondary N) is 1. The number of H-pyrrole nitrogens is 1. The normalized spacial score (nSPS) is 11.1. The number of alkyl halides is 1. The number of nitrogens with zero attached hydrogens (tertiary/aromatic N) is 1. The van der Waals surface area contributed by atoms with Crippen LogP contribution in [0.4, 0.5) is 0 Å². The molecule has 0 aliphatic rings. The van der Waals surface area contributed by atoms with Gasteiger partial charge in [-0.1, -0.05) is 24.9 Å². The fourth-order valence-electron chi connectivity index (χ4n) is 1.71. The summed E-state index contributed by atoms with van der Waals surface area (Å²) in [7, 11) is 0. The maximum Gasteiger partial charge on any atom is 0.122 e. The van der Waals surface area contributed by atoms with Crippen LogP contribution in [0.25, 0.3) is 11.0 Å². The predicted octanol–water partition coefficient (Wildman–Crippen LogP) is 3.91. The van der Waals surface area contributed by atoms with E-state index in [1.54, 1.807) is 0 Å². The topological polar surface area (TPSA) is 28.7 Å². The van der Waals surface area contributed by atoms with Crippen molar-refractivity contribution < 1.29 is 0 Å². The second kappa shape index (κ2) is 4.42. The first kappa shape index (κ1) is 10.8. The van der Waals surface area contributed by atoms with Gasteiger partial charge in [-0.2, -0.15) is 0 Å². The van der Waals surface area contributed by atoms with Gasteiger partial charge in [-0.15, -0.1) is 11.6 Å². The van der Waals surface area contributed by atoms with Gasteiger partial charge >= 0.3 is 0 Å². The molecule has 1 N–H and O–H groups in total. The van der Waals surface area contributed by atoms with Gasteiger partial charge in [-0.25, -0.2) is 4.98 Å². The minimum absolute atomic E-state index is 0.401. The minimum Gasteiger partial charge on any atom is -0.341 e. The Morgan fingerprint density at radius 1 is 1.40 bits per heavy atom. The maximum absolute atomic E-state index is 6.15. The van der Waals surface area contributed by atoms with Gasteiger partial charge in [0.05, 0.1) is 16.9 Å². The molecule has 2 aromatic rings. The van der Waals surface area contributed by atoms with Gasteiger partial charge in [0.25, 0.3) is 0 Å². The predicted molar refractivity (Wildman–Crippen MR) is 64.7 cm³/mol. The summed E-state index contributed by atoms with van der Waals surface area (Å²) in [5.74, 6) is 1.20. The zero-order valence-corrected chi connectivity index (χ0v) is 9.99. The maximum atomic E-state index is 6.15. The molecule has 15 heavy (non-hydrogen) atoms. The fourth-order valence-corrected chi connectivity index (χ4v) is 2.08. The molecule has 1 heterocycles. The Kier molecular flexibility index (Phi) is 3.17. The number of aromatic nitrogens is 2. The molecule has 0 aliphatic carbocycles. The molecule has 0 atom stereocenters. The highest BCUT2D eigenvalue weighted by molar-refractivity contribution is 6.32. The summed E-state index contributed by atoms with van der Waals surface area (Å²) in [6.45, 7) is 2.13. The van der Waals surface area contributed by atoms with Crippen molar-refractivity contribution in [1.29, 1.82) is 0 Å². The quantitative estimate of drug-likeness (QED) is 0.813. The van der Waals surface area contributed by atoms with E-state index >= 15 is 0 Å². The summed E-state index contributed by atoms with van der Waals surface area (Å²) in [6, 6.07) is 3.85. The Labute approximate surface area is 98.6 Å². The third-order valence-electron chi connectivity index (χ3n) is 2.38. The summed E-state index contributed by atoms with van der Waals surface area (Å²) < 4.78 is 0. The number of rotatable bonds is 3. The second-order valence-electron chi connectivity index (χ2n) is 3.49. The smallest absolute Gasteiger partial charge is 0.122 e. The number of hydrogen-bond donors (Lipinski definition) is 1. The lowest BCUT2D eigenvalue weighted by Crippen LogP contribution is -1.87. The second-order valence-corrected chi connectivity index (χ2v) is 4.16. The Morgan fingerprint density at radius 3 is 2.87 bits per heavy atom. The Hall–Kier alpha value is -0.730. The van der Waals surface area contributed by atoms with Crippen LogP contribution in [-0.2, 0) is 12.3 Å². The summed E-state index contributed by atoms with van der Waals surface area (Å²) in [5.41, 5.74) is 3.09. The van der Waals surface area contributed by atoms with Crippen molar-refractivity contribution in [2.45, 2.75) is 25.6 Å². The summed E-state index contributed by atoms with van der Waals surface area (Å²) in [6.07, 6.45) is 2.00. The highest BCUT2D eigenvalue weighted by atomic mass is 35.5. The first-order chi connectivity index (χ1) is 7.26. The van der Waals surface area contributed by atoms with Crippen molar-refractivity contribution in [3.05, 3.63) is 28.5 Å². The molecule has 0 saturated heterocycles. The van der Waals surface area contributed by atoms with Gasteiger partial charge in [0.15, 0.2) is 0 Å². The molecule has 80 valence electrons. The van der Waals surface area contributed by atoms with E-state index in [4.69, 9.17) is 23.2 Å². The molecule has 0 amide bonds. The molecule has 4 heteroatoms. The van der Waals surface area contributed by atoms with Crippen LogP contribution in [0.15, 0.2) is 12.1 Å². The Morgan fingerprint density at radius 2 is 2.20 bits per heavy atom. The number of benzene rings is 1. The van der Waals surface area contributed by atoms with Gasteiger partial charge in [0.2, 0.25) is 0 Å². The molecule has 2 nitrogen and oxygen atoms in total. The zero-order valence-electron chi connectivity index (χ0n) is 8.48. The number of aromatic amines is 1. The van der Waals surface area contributed by atoms with Crippen molar-refractivity contribution in [2.75, 3.05) is 0 Å². The van der Waals surface area contributed by atoms with Crippen LogP contribution < -0.4 is 0 Å². The van der Waals surface area contributed by atoms with Crippen molar-refractivity contribution in [1.82, 2.24) is 9.97 Å². The molecule has 0 spiro atoms. The molecule has 1 aromatic carbocycles. The van der Waals surface area contributed by atoms with E-state index in [0.29, 0.717) is 5.88 Å². The van der Waals surface area contributed by atoms with E-state index in [-0.39, 0.29) is 0 Å². The van der Waals surface area contributed by atoms with Crippen LogP contribution in [0.5, 0.6) is 0 Å².